The van der Waals surface area contributed by atoms with Gasteiger partial charge in [-0.3, -0.25) is 4.79 Å². The first kappa shape index (κ1) is 18.6. The molecule has 5 rings (SSSR count). The third kappa shape index (κ3) is 2.28. The highest BCUT2D eigenvalue weighted by Gasteiger charge is 2.45. The van der Waals surface area contributed by atoms with Crippen molar-refractivity contribution in [1.82, 2.24) is 9.55 Å². The van der Waals surface area contributed by atoms with E-state index in [1.807, 2.05) is 25.1 Å². The molecule has 0 spiro atoms. The van der Waals surface area contributed by atoms with Crippen molar-refractivity contribution >= 4 is 22.6 Å². The molecule has 4 heterocycles. The van der Waals surface area contributed by atoms with Crippen LogP contribution in [0.5, 0.6) is 5.75 Å². The predicted molar refractivity (Wildman–Crippen MR) is 111 cm³/mol. The Bertz CT molecular complexity index is 1310. The molecule has 8 heteroatoms. The van der Waals surface area contributed by atoms with Gasteiger partial charge >= 0.3 is 5.97 Å². The zero-order chi connectivity index (χ0) is 21.4. The molecule has 2 aliphatic rings. The van der Waals surface area contributed by atoms with E-state index in [0.717, 1.165) is 10.9 Å². The molecule has 3 aromatic rings. The first-order valence-electron chi connectivity index (χ1n) is 9.76. The molecular weight excluding hydrogens is 386 g/mol. The van der Waals surface area contributed by atoms with Gasteiger partial charge in [0.15, 0.2) is 5.60 Å². The van der Waals surface area contributed by atoms with Crippen molar-refractivity contribution in [1.29, 1.82) is 0 Å². The Morgan fingerprint density at radius 2 is 2.03 bits per heavy atom. The Balaban J connectivity index is 1.79. The molecule has 2 N–H and O–H groups in total. The summed E-state index contributed by atoms with van der Waals surface area (Å²) in [7, 11) is 3.69. The van der Waals surface area contributed by atoms with Gasteiger partial charge < -0.3 is 24.4 Å². The molecule has 1 atom stereocenters. The summed E-state index contributed by atoms with van der Waals surface area (Å²) < 4.78 is 6.69. The lowest BCUT2D eigenvalue weighted by Crippen LogP contribution is -2.44. The Kier molecular flexibility index (Phi) is 3.76. The predicted octanol–water partition coefficient (Wildman–Crippen LogP) is 1.85. The zero-order valence-corrected chi connectivity index (χ0v) is 16.9. The van der Waals surface area contributed by atoms with E-state index in [9.17, 15) is 19.8 Å². The Morgan fingerprint density at radius 1 is 1.27 bits per heavy atom. The number of aliphatic hydroxyl groups is 1. The maximum atomic E-state index is 13.2. The highest BCUT2D eigenvalue weighted by Crippen LogP contribution is 2.41. The third-order valence-electron chi connectivity index (χ3n) is 6.09. The number of hydrogen-bond donors (Lipinski definition) is 2. The monoisotopic (exact) mass is 407 g/mol. The van der Waals surface area contributed by atoms with E-state index in [2.05, 4.69) is 0 Å². The number of carbonyl (C=O) groups excluding carboxylic acids is 1. The van der Waals surface area contributed by atoms with Crippen LogP contribution in [0.25, 0.3) is 22.3 Å². The van der Waals surface area contributed by atoms with E-state index in [1.54, 1.807) is 29.7 Å². The fourth-order valence-corrected chi connectivity index (χ4v) is 4.50. The molecule has 0 bridgehead atoms. The maximum Gasteiger partial charge on any atom is 0.343 e. The third-order valence-corrected chi connectivity index (χ3v) is 6.09. The van der Waals surface area contributed by atoms with Gasteiger partial charge in [-0.25, -0.2) is 9.78 Å². The Hall–Kier alpha value is -3.39. The number of phenols is 1. The number of phenolic OH excluding ortho intramolecular Hbond substituents is 1. The topological polar surface area (TPSA) is 105 Å². The number of benzene rings is 1. The van der Waals surface area contributed by atoms with Crippen molar-refractivity contribution < 1.29 is 19.7 Å². The lowest BCUT2D eigenvalue weighted by atomic mass is 9.86. The van der Waals surface area contributed by atoms with E-state index < -0.39 is 11.6 Å². The van der Waals surface area contributed by atoms with Crippen molar-refractivity contribution in [3.63, 3.8) is 0 Å². The molecule has 8 nitrogen and oxygen atoms in total. The zero-order valence-electron chi connectivity index (χ0n) is 16.9. The Labute approximate surface area is 172 Å². The minimum Gasteiger partial charge on any atom is -0.506 e. The van der Waals surface area contributed by atoms with Crippen LogP contribution in [0.4, 0.5) is 5.69 Å². The number of esters is 1. The number of rotatable bonds is 2. The fourth-order valence-electron chi connectivity index (χ4n) is 4.50. The van der Waals surface area contributed by atoms with Crippen LogP contribution in [0, 0.1) is 0 Å². The quantitative estimate of drug-likeness (QED) is 0.489. The first-order valence-corrected chi connectivity index (χ1v) is 9.76. The number of cyclic esters (lactones) is 1. The van der Waals surface area contributed by atoms with Crippen molar-refractivity contribution in [3.8, 4) is 17.1 Å². The molecule has 0 aliphatic carbocycles. The largest absolute Gasteiger partial charge is 0.506 e. The van der Waals surface area contributed by atoms with Crippen LogP contribution < -0.4 is 10.5 Å². The van der Waals surface area contributed by atoms with Gasteiger partial charge in [-0.05, 0) is 30.7 Å². The molecule has 0 amide bonds. The van der Waals surface area contributed by atoms with E-state index in [1.165, 1.54) is 0 Å². The second-order valence-corrected chi connectivity index (χ2v) is 7.99. The van der Waals surface area contributed by atoms with Gasteiger partial charge in [0, 0.05) is 30.6 Å². The number of fused-ring (bicyclic) bond motifs is 5. The summed E-state index contributed by atoms with van der Waals surface area (Å²) in [4.78, 5) is 32.0. The van der Waals surface area contributed by atoms with Crippen LogP contribution in [0.2, 0.25) is 0 Å². The number of aromatic nitrogens is 2. The van der Waals surface area contributed by atoms with Gasteiger partial charge in [0.1, 0.15) is 12.4 Å². The lowest BCUT2D eigenvalue weighted by Gasteiger charge is -2.31. The molecule has 0 saturated heterocycles. The van der Waals surface area contributed by atoms with Crippen molar-refractivity contribution in [2.75, 3.05) is 19.0 Å². The standard InChI is InChI=1S/C22H21N3O5/c1-4-22(29)14-8-16-18-11(9-25(16)20(27)13(14)10-30-21(22)28)7-12-15(23-18)5-6-17(26)19(12)24(2)3/h5-8,26,29H,4,9-10H2,1-3H3/t22-/m0/s1. The summed E-state index contributed by atoms with van der Waals surface area (Å²) in [5.41, 5.74) is 1.84. The fraction of sp³-hybridized carbons (Fsp3) is 0.318. The summed E-state index contributed by atoms with van der Waals surface area (Å²) in [6.07, 6.45) is 0.102. The number of anilines is 1. The number of pyridine rings is 2. The summed E-state index contributed by atoms with van der Waals surface area (Å²) >= 11 is 0. The summed E-state index contributed by atoms with van der Waals surface area (Å²) in [5, 5.41) is 22.0. The minimum atomic E-state index is -1.84. The van der Waals surface area contributed by atoms with Crippen LogP contribution in [-0.4, -0.2) is 39.8 Å². The molecule has 0 fully saturated rings. The molecular formula is C22H21N3O5. The molecule has 30 heavy (non-hydrogen) atoms. The van der Waals surface area contributed by atoms with Crippen LogP contribution in [0.3, 0.4) is 0 Å². The first-order chi connectivity index (χ1) is 14.3. The molecule has 2 aliphatic heterocycles. The van der Waals surface area contributed by atoms with Crippen molar-refractivity contribution in [2.45, 2.75) is 32.1 Å². The molecule has 0 radical (unpaired) electrons. The second kappa shape index (κ2) is 6.06. The van der Waals surface area contributed by atoms with Gasteiger partial charge in [0.05, 0.1) is 34.7 Å². The average molecular weight is 407 g/mol. The van der Waals surface area contributed by atoms with Gasteiger partial charge in [-0.1, -0.05) is 6.92 Å². The number of carbonyl (C=O) groups is 1. The van der Waals surface area contributed by atoms with Crippen LogP contribution >= 0.6 is 0 Å². The smallest absolute Gasteiger partial charge is 0.343 e. The molecule has 1 aromatic carbocycles. The van der Waals surface area contributed by atoms with E-state index in [-0.39, 0.29) is 24.3 Å². The van der Waals surface area contributed by atoms with Crippen molar-refractivity contribution in [3.05, 3.63) is 51.3 Å². The minimum absolute atomic E-state index is 0.102. The van der Waals surface area contributed by atoms with E-state index in [4.69, 9.17) is 9.72 Å². The van der Waals surface area contributed by atoms with Crippen LogP contribution in [0.1, 0.15) is 30.0 Å². The van der Waals surface area contributed by atoms with E-state index in [0.29, 0.717) is 40.3 Å². The molecule has 0 saturated carbocycles. The number of nitrogens with zero attached hydrogens (tertiary/aromatic N) is 3. The summed E-state index contributed by atoms with van der Waals surface area (Å²) in [6, 6.07) is 6.96. The van der Waals surface area contributed by atoms with Gasteiger partial charge in [0.25, 0.3) is 5.56 Å². The van der Waals surface area contributed by atoms with E-state index >= 15 is 0 Å². The molecule has 2 aromatic heterocycles. The SMILES string of the molecule is CC[C@@]1(O)C(=O)OCc2c1cc1n(c2=O)Cc2cc3c(N(C)C)c(O)ccc3nc2-1. The molecule has 0 unspecified atom stereocenters. The second-order valence-electron chi connectivity index (χ2n) is 7.99. The highest BCUT2D eigenvalue weighted by molar-refractivity contribution is 5.97. The van der Waals surface area contributed by atoms with Gasteiger partial charge in [-0.2, -0.15) is 0 Å². The normalized spacial score (nSPS) is 19.3. The van der Waals surface area contributed by atoms with Crippen molar-refractivity contribution in [2.24, 2.45) is 0 Å². The summed E-state index contributed by atoms with van der Waals surface area (Å²) in [6.45, 7) is 1.84. The average Bonchev–Trinajstić information content (AvgIpc) is 3.07. The summed E-state index contributed by atoms with van der Waals surface area (Å²) in [5.74, 6) is -0.585. The number of aromatic hydroxyl groups is 1. The Morgan fingerprint density at radius 3 is 2.73 bits per heavy atom. The number of ether oxygens (including phenoxy) is 1. The number of hydrogen-bond acceptors (Lipinski definition) is 7. The van der Waals surface area contributed by atoms with Gasteiger partial charge in [0.2, 0.25) is 0 Å². The highest BCUT2D eigenvalue weighted by atomic mass is 16.6. The molecule has 154 valence electrons. The lowest BCUT2D eigenvalue weighted by molar-refractivity contribution is -0.172. The maximum absolute atomic E-state index is 13.2. The van der Waals surface area contributed by atoms with Gasteiger partial charge in [-0.15, -0.1) is 0 Å². The van der Waals surface area contributed by atoms with Crippen LogP contribution in [-0.2, 0) is 28.3 Å². The van der Waals surface area contributed by atoms with Crippen LogP contribution in [0.15, 0.2) is 29.1 Å².